The third-order valence-electron chi connectivity index (χ3n) is 4.36. The van der Waals surface area contributed by atoms with Gasteiger partial charge in [-0.1, -0.05) is 60.1 Å². The summed E-state index contributed by atoms with van der Waals surface area (Å²) in [4.78, 5) is 35.8. The Kier molecular flexibility index (Phi) is 6.77. The topological polar surface area (TPSA) is 101 Å². The van der Waals surface area contributed by atoms with Crippen LogP contribution < -0.4 is 10.6 Å². The van der Waals surface area contributed by atoms with E-state index in [4.69, 9.17) is 11.6 Å². The largest absolute Gasteiger partial charge is 0.340 e. The number of hydrogen-bond acceptors (Lipinski definition) is 4. The van der Waals surface area contributed by atoms with Crippen LogP contribution in [-0.4, -0.2) is 22.8 Å². The molecular formula is C22H18ClN3O4. The van der Waals surface area contributed by atoms with Crippen LogP contribution in [0.15, 0.2) is 78.9 Å². The second kappa shape index (κ2) is 9.67. The predicted octanol–water partition coefficient (Wildman–Crippen LogP) is 4.23. The number of nitro groups is 1. The summed E-state index contributed by atoms with van der Waals surface area (Å²) in [6.45, 7) is 0. The van der Waals surface area contributed by atoms with Gasteiger partial charge < -0.3 is 10.6 Å². The van der Waals surface area contributed by atoms with Gasteiger partial charge in [-0.15, -0.1) is 0 Å². The second-order valence-electron chi connectivity index (χ2n) is 6.49. The molecule has 0 heterocycles. The molecule has 0 aliphatic carbocycles. The summed E-state index contributed by atoms with van der Waals surface area (Å²) in [7, 11) is 0. The van der Waals surface area contributed by atoms with E-state index in [1.807, 2.05) is 30.3 Å². The summed E-state index contributed by atoms with van der Waals surface area (Å²) >= 11 is 6.08. The molecule has 0 radical (unpaired) electrons. The molecule has 0 unspecified atom stereocenters. The van der Waals surface area contributed by atoms with Crippen LogP contribution in [0, 0.1) is 10.1 Å². The van der Waals surface area contributed by atoms with Crippen LogP contribution in [0.1, 0.15) is 15.9 Å². The number of benzene rings is 3. The molecule has 2 N–H and O–H groups in total. The number of anilines is 1. The fourth-order valence-corrected chi connectivity index (χ4v) is 3.05. The molecule has 0 saturated carbocycles. The molecule has 2 amide bonds. The van der Waals surface area contributed by atoms with Crippen molar-refractivity contribution in [3.8, 4) is 0 Å². The number of halogens is 1. The van der Waals surface area contributed by atoms with Crippen molar-refractivity contribution in [3.63, 3.8) is 0 Å². The van der Waals surface area contributed by atoms with Crippen LogP contribution in [0.2, 0.25) is 5.02 Å². The highest BCUT2D eigenvalue weighted by Crippen LogP contribution is 2.26. The molecule has 3 rings (SSSR count). The SMILES string of the molecule is O=C(N[C@@H](Cc1ccccc1)C(=O)Nc1ccc([N+](=O)[O-])cc1Cl)c1ccccc1. The lowest BCUT2D eigenvalue weighted by Gasteiger charge is -2.19. The number of rotatable bonds is 7. The van der Waals surface area contributed by atoms with Gasteiger partial charge >= 0.3 is 0 Å². The zero-order valence-electron chi connectivity index (χ0n) is 15.7. The van der Waals surface area contributed by atoms with E-state index >= 15 is 0 Å². The summed E-state index contributed by atoms with van der Waals surface area (Å²) in [5.41, 5.74) is 1.33. The fraction of sp³-hybridized carbons (Fsp3) is 0.0909. The number of non-ortho nitro benzene ring substituents is 1. The van der Waals surface area contributed by atoms with Gasteiger partial charge in [-0.2, -0.15) is 0 Å². The van der Waals surface area contributed by atoms with Crippen molar-refractivity contribution in [1.82, 2.24) is 5.32 Å². The van der Waals surface area contributed by atoms with Crippen LogP contribution in [0.25, 0.3) is 0 Å². The van der Waals surface area contributed by atoms with E-state index in [1.54, 1.807) is 30.3 Å². The van der Waals surface area contributed by atoms with Crippen molar-refractivity contribution in [2.45, 2.75) is 12.5 Å². The van der Waals surface area contributed by atoms with Crippen molar-refractivity contribution >= 4 is 34.8 Å². The molecule has 0 aliphatic heterocycles. The molecule has 0 spiro atoms. The Bertz CT molecular complexity index is 1060. The molecule has 3 aromatic carbocycles. The molecular weight excluding hydrogens is 406 g/mol. The maximum atomic E-state index is 12.9. The average molecular weight is 424 g/mol. The lowest BCUT2D eigenvalue weighted by Crippen LogP contribution is -2.45. The Labute approximate surface area is 177 Å². The summed E-state index contributed by atoms with van der Waals surface area (Å²) in [5, 5.41) is 16.3. The molecule has 0 bridgehead atoms. The number of nitrogens with zero attached hydrogens (tertiary/aromatic N) is 1. The van der Waals surface area contributed by atoms with E-state index in [9.17, 15) is 19.7 Å². The monoisotopic (exact) mass is 423 g/mol. The van der Waals surface area contributed by atoms with Crippen molar-refractivity contribution < 1.29 is 14.5 Å². The first-order valence-electron chi connectivity index (χ1n) is 9.08. The minimum Gasteiger partial charge on any atom is -0.340 e. The van der Waals surface area contributed by atoms with E-state index in [-0.39, 0.29) is 28.7 Å². The first kappa shape index (κ1) is 21.0. The standard InChI is InChI=1S/C22H18ClN3O4/c23-18-14-17(26(29)30)11-12-19(18)24-22(28)20(13-15-7-3-1-4-8-15)25-21(27)16-9-5-2-6-10-16/h1-12,14,20H,13H2,(H,24,28)(H,25,27)/t20-/m0/s1. The summed E-state index contributed by atoms with van der Waals surface area (Å²) in [5.74, 6) is -0.875. The molecule has 8 heteroatoms. The van der Waals surface area contributed by atoms with Gasteiger partial charge in [0, 0.05) is 24.1 Å². The van der Waals surface area contributed by atoms with Crippen molar-refractivity contribution in [2.24, 2.45) is 0 Å². The lowest BCUT2D eigenvalue weighted by molar-refractivity contribution is -0.384. The third-order valence-corrected chi connectivity index (χ3v) is 4.67. The Morgan fingerprint density at radius 1 is 0.967 bits per heavy atom. The average Bonchev–Trinajstić information content (AvgIpc) is 2.75. The number of carbonyl (C=O) groups is 2. The van der Waals surface area contributed by atoms with Crippen molar-refractivity contribution in [3.05, 3.63) is 105 Å². The smallest absolute Gasteiger partial charge is 0.271 e. The number of nitrogens with one attached hydrogen (secondary N) is 2. The number of nitro benzene ring substituents is 1. The van der Waals surface area contributed by atoms with E-state index in [1.165, 1.54) is 12.1 Å². The van der Waals surface area contributed by atoms with Crippen LogP contribution >= 0.6 is 11.6 Å². The van der Waals surface area contributed by atoms with Gasteiger partial charge in [0.1, 0.15) is 6.04 Å². The molecule has 152 valence electrons. The first-order chi connectivity index (χ1) is 14.4. The van der Waals surface area contributed by atoms with E-state index in [0.717, 1.165) is 11.6 Å². The molecule has 0 aromatic heterocycles. The Morgan fingerprint density at radius 3 is 2.20 bits per heavy atom. The van der Waals surface area contributed by atoms with Gasteiger partial charge in [0.2, 0.25) is 5.91 Å². The molecule has 0 fully saturated rings. The minimum absolute atomic E-state index is 0.0328. The van der Waals surface area contributed by atoms with E-state index < -0.39 is 16.9 Å². The quantitative estimate of drug-likeness (QED) is 0.438. The minimum atomic E-state index is -0.883. The second-order valence-corrected chi connectivity index (χ2v) is 6.90. The predicted molar refractivity (Wildman–Crippen MR) is 115 cm³/mol. The highest BCUT2D eigenvalue weighted by molar-refractivity contribution is 6.34. The zero-order chi connectivity index (χ0) is 21.5. The van der Waals surface area contributed by atoms with Crippen LogP contribution in [0.4, 0.5) is 11.4 Å². The van der Waals surface area contributed by atoms with Gasteiger partial charge in [-0.25, -0.2) is 0 Å². The summed E-state index contributed by atoms with van der Waals surface area (Å²) in [6, 6.07) is 20.7. The Balaban J connectivity index is 1.81. The van der Waals surface area contributed by atoms with Gasteiger partial charge in [-0.05, 0) is 23.8 Å². The van der Waals surface area contributed by atoms with Crippen LogP contribution in [0.5, 0.6) is 0 Å². The van der Waals surface area contributed by atoms with Gasteiger partial charge in [0.15, 0.2) is 0 Å². The van der Waals surface area contributed by atoms with Gasteiger partial charge in [0.05, 0.1) is 15.6 Å². The highest BCUT2D eigenvalue weighted by Gasteiger charge is 2.23. The molecule has 0 aliphatic rings. The Hall–Kier alpha value is -3.71. The van der Waals surface area contributed by atoms with E-state index in [0.29, 0.717) is 5.56 Å². The molecule has 7 nitrogen and oxygen atoms in total. The van der Waals surface area contributed by atoms with E-state index in [2.05, 4.69) is 10.6 Å². The van der Waals surface area contributed by atoms with Crippen molar-refractivity contribution in [2.75, 3.05) is 5.32 Å². The summed E-state index contributed by atoms with van der Waals surface area (Å²) < 4.78 is 0. The van der Waals surface area contributed by atoms with Crippen LogP contribution in [0.3, 0.4) is 0 Å². The molecule has 30 heavy (non-hydrogen) atoms. The maximum Gasteiger partial charge on any atom is 0.271 e. The van der Waals surface area contributed by atoms with Gasteiger partial charge in [-0.3, -0.25) is 19.7 Å². The van der Waals surface area contributed by atoms with Crippen LogP contribution in [-0.2, 0) is 11.2 Å². The molecule has 3 aromatic rings. The van der Waals surface area contributed by atoms with Gasteiger partial charge in [0.25, 0.3) is 11.6 Å². The number of amides is 2. The third kappa shape index (κ3) is 5.42. The molecule has 0 saturated heterocycles. The first-order valence-corrected chi connectivity index (χ1v) is 9.46. The normalized spacial score (nSPS) is 11.4. The molecule has 1 atom stereocenters. The lowest BCUT2D eigenvalue weighted by atomic mass is 10.0. The maximum absolute atomic E-state index is 12.9. The zero-order valence-corrected chi connectivity index (χ0v) is 16.5. The Morgan fingerprint density at radius 2 is 1.60 bits per heavy atom. The fourth-order valence-electron chi connectivity index (χ4n) is 2.83. The summed E-state index contributed by atoms with van der Waals surface area (Å²) in [6.07, 6.45) is 0.260. The number of hydrogen-bond donors (Lipinski definition) is 2. The van der Waals surface area contributed by atoms with Crippen molar-refractivity contribution in [1.29, 1.82) is 0 Å². The number of carbonyl (C=O) groups excluding carboxylic acids is 2. The highest BCUT2D eigenvalue weighted by atomic mass is 35.5.